The van der Waals surface area contributed by atoms with Gasteiger partial charge in [0.15, 0.2) is 15.6 Å². The summed E-state index contributed by atoms with van der Waals surface area (Å²) in [4.78, 5) is 10.5. The van der Waals surface area contributed by atoms with Crippen molar-refractivity contribution in [1.29, 1.82) is 0 Å². The normalized spacial score (nSPS) is 12.0. The Morgan fingerprint density at radius 1 is 0.951 bits per heavy atom. The third-order valence-electron chi connectivity index (χ3n) is 4.88. The van der Waals surface area contributed by atoms with E-state index in [4.69, 9.17) is 4.74 Å². The summed E-state index contributed by atoms with van der Waals surface area (Å²) >= 11 is 0. The van der Waals surface area contributed by atoms with Gasteiger partial charge in [-0.2, -0.15) is 5.11 Å². The molecule has 41 heavy (non-hydrogen) atoms. The van der Waals surface area contributed by atoms with Crippen LogP contribution < -0.4 is 64.4 Å². The Morgan fingerprint density at radius 2 is 1.59 bits per heavy atom. The summed E-state index contributed by atoms with van der Waals surface area (Å²) in [6.45, 7) is 0.819. The van der Waals surface area contributed by atoms with Crippen LogP contribution in [0.2, 0.25) is 0 Å². The standard InChI is InChI=1S/C21H21N3O12S3.2Na/c1-2-35-21(26)22-15-5-8-17-13(11-15)12-18(38(29,30)31)19(20(17)25)24-23-14-3-6-16(7-4-14)37(27,28)10-9-36-39(32,33)34;;/h3-8,11-12,25H,2,9-10H2,1H3,(H,22,26)(H,29,30,31)(H,32,33,34);;/q;2*+1/p-2. The number of phenols is 1. The van der Waals surface area contributed by atoms with Crippen molar-refractivity contribution in [2.75, 3.05) is 24.3 Å². The first-order valence-corrected chi connectivity index (χ1v) is 15.0. The smallest absolute Gasteiger partial charge is 0.744 e. The molecule has 2 N–H and O–H groups in total. The molecule has 0 fully saturated rings. The summed E-state index contributed by atoms with van der Waals surface area (Å²) in [6, 6.07) is 9.48. The molecule has 0 radical (unpaired) electrons. The summed E-state index contributed by atoms with van der Waals surface area (Å²) < 4.78 is 100. The van der Waals surface area contributed by atoms with Crippen LogP contribution in [0.15, 0.2) is 68.6 Å². The number of aromatic hydroxyl groups is 1. The van der Waals surface area contributed by atoms with Crippen molar-refractivity contribution in [1.82, 2.24) is 0 Å². The zero-order valence-corrected chi connectivity index (χ0v) is 28.2. The van der Waals surface area contributed by atoms with E-state index < -0.39 is 65.1 Å². The molecule has 3 aromatic rings. The van der Waals surface area contributed by atoms with E-state index in [2.05, 4.69) is 19.7 Å². The number of sulfone groups is 1. The third kappa shape index (κ3) is 10.5. The van der Waals surface area contributed by atoms with Gasteiger partial charge in [-0.3, -0.25) is 9.50 Å². The maximum absolute atomic E-state index is 12.3. The van der Waals surface area contributed by atoms with E-state index in [1.807, 2.05) is 0 Å². The van der Waals surface area contributed by atoms with Crippen molar-refractivity contribution in [2.45, 2.75) is 16.7 Å². The average molecular weight is 648 g/mol. The van der Waals surface area contributed by atoms with E-state index in [0.29, 0.717) is 0 Å². The van der Waals surface area contributed by atoms with E-state index in [-0.39, 0.29) is 92.8 Å². The number of azo groups is 1. The number of nitrogens with zero attached hydrogens (tertiary/aromatic N) is 2. The van der Waals surface area contributed by atoms with Crippen molar-refractivity contribution >= 4 is 64.3 Å². The van der Waals surface area contributed by atoms with Crippen LogP contribution in [0, 0.1) is 0 Å². The molecule has 3 rings (SSSR count). The number of anilines is 1. The van der Waals surface area contributed by atoms with Gasteiger partial charge in [0.2, 0.25) is 10.4 Å². The summed E-state index contributed by atoms with van der Waals surface area (Å²) in [5, 5.41) is 20.7. The Labute approximate surface area is 279 Å². The Kier molecular flexibility index (Phi) is 13.8. The zero-order chi connectivity index (χ0) is 29.0. The molecule has 0 aliphatic heterocycles. The summed E-state index contributed by atoms with van der Waals surface area (Å²) in [6.07, 6.45) is -0.772. The number of nitrogens with one attached hydrogen (secondary N) is 1. The summed E-state index contributed by atoms with van der Waals surface area (Å²) in [7, 11) is -14.3. The van der Waals surface area contributed by atoms with E-state index in [9.17, 15) is 44.3 Å². The van der Waals surface area contributed by atoms with Crippen LogP contribution in [0.25, 0.3) is 10.8 Å². The van der Waals surface area contributed by atoms with Crippen LogP contribution in [-0.4, -0.2) is 64.5 Å². The van der Waals surface area contributed by atoms with Gasteiger partial charge in [0.1, 0.15) is 15.8 Å². The molecular weight excluding hydrogens is 628 g/mol. The van der Waals surface area contributed by atoms with Crippen LogP contribution in [0.4, 0.5) is 21.9 Å². The Balaban J connectivity index is 0.00000420. The quantitative estimate of drug-likeness (QED) is 0.0952. The largest absolute Gasteiger partial charge is 1.00 e. The van der Waals surface area contributed by atoms with Crippen LogP contribution in [0.1, 0.15) is 6.92 Å². The van der Waals surface area contributed by atoms with Gasteiger partial charge >= 0.3 is 65.2 Å². The van der Waals surface area contributed by atoms with Crippen molar-refractivity contribution in [3.63, 3.8) is 0 Å². The molecule has 210 valence electrons. The Morgan fingerprint density at radius 3 is 2.15 bits per heavy atom. The second kappa shape index (κ2) is 15.2. The molecule has 0 aliphatic rings. The second-order valence-electron chi connectivity index (χ2n) is 7.55. The number of rotatable bonds is 10. The molecule has 0 aliphatic carbocycles. The predicted molar refractivity (Wildman–Crippen MR) is 133 cm³/mol. The molecule has 0 aromatic heterocycles. The SMILES string of the molecule is CCOC(=O)Nc1ccc2c(O)c(N=Nc3ccc(S(=O)(=O)CCOS(=O)(=O)[O-])cc3)c(S(=O)(=O)[O-])cc2c1.[Na+].[Na+]. The first kappa shape index (κ1) is 37.3. The molecule has 0 saturated heterocycles. The number of amides is 1. The first-order chi connectivity index (χ1) is 18.1. The van der Waals surface area contributed by atoms with Gasteiger partial charge in [0.25, 0.3) is 0 Å². The van der Waals surface area contributed by atoms with Crippen molar-refractivity contribution in [3.05, 3.63) is 48.5 Å². The number of ether oxygens (including phenoxy) is 1. The van der Waals surface area contributed by atoms with Gasteiger partial charge in [0, 0.05) is 11.1 Å². The Hall–Kier alpha value is -1.68. The van der Waals surface area contributed by atoms with Crippen LogP contribution in [0.5, 0.6) is 5.75 Å². The van der Waals surface area contributed by atoms with Gasteiger partial charge in [-0.15, -0.1) is 5.11 Å². The molecule has 0 bridgehead atoms. The average Bonchev–Trinajstić information content (AvgIpc) is 2.82. The number of hydrogen-bond acceptors (Lipinski definition) is 14. The summed E-state index contributed by atoms with van der Waals surface area (Å²) in [5.74, 6) is -1.50. The molecular formula is C21H19N3Na2O12S3. The summed E-state index contributed by atoms with van der Waals surface area (Å²) in [5.41, 5.74) is -0.480. The fourth-order valence-corrected chi connectivity index (χ4v) is 5.32. The molecule has 0 spiro atoms. The molecule has 15 nitrogen and oxygen atoms in total. The number of fused-ring (bicyclic) bond motifs is 1. The van der Waals surface area contributed by atoms with Crippen LogP contribution >= 0.6 is 0 Å². The predicted octanol–water partition coefficient (Wildman–Crippen LogP) is -3.31. The number of carbonyl (C=O) groups excluding carboxylic acids is 1. The van der Waals surface area contributed by atoms with Crippen LogP contribution in [-0.2, 0) is 39.3 Å². The van der Waals surface area contributed by atoms with Crippen molar-refractivity contribution < 1.29 is 112 Å². The minimum absolute atomic E-state index is 0. The molecule has 0 atom stereocenters. The van der Waals surface area contributed by atoms with Gasteiger partial charge < -0.3 is 18.9 Å². The molecule has 20 heteroatoms. The van der Waals surface area contributed by atoms with Crippen molar-refractivity contribution in [2.24, 2.45) is 10.2 Å². The van der Waals surface area contributed by atoms with Gasteiger partial charge in [-0.1, -0.05) is 0 Å². The zero-order valence-electron chi connectivity index (χ0n) is 21.8. The van der Waals surface area contributed by atoms with E-state index in [1.54, 1.807) is 6.92 Å². The number of hydrogen-bond donors (Lipinski definition) is 2. The van der Waals surface area contributed by atoms with Gasteiger partial charge in [-0.25, -0.2) is 30.0 Å². The monoisotopic (exact) mass is 647 g/mol. The van der Waals surface area contributed by atoms with Gasteiger partial charge in [-0.05, 0) is 60.8 Å². The van der Waals surface area contributed by atoms with Crippen molar-refractivity contribution in [3.8, 4) is 5.75 Å². The minimum atomic E-state index is -5.17. The molecule has 1 amide bonds. The van der Waals surface area contributed by atoms with Gasteiger partial charge in [0.05, 0.1) is 34.4 Å². The van der Waals surface area contributed by atoms with Crippen LogP contribution in [0.3, 0.4) is 0 Å². The molecule has 0 heterocycles. The number of phenolic OH excluding ortho intramolecular Hbond substituents is 1. The molecule has 0 unspecified atom stereocenters. The third-order valence-corrected chi connectivity index (χ3v) is 7.88. The molecule has 0 saturated carbocycles. The topological polar surface area (TPSA) is 241 Å². The Bertz CT molecular complexity index is 1760. The fraction of sp³-hybridized carbons (Fsp3) is 0.190. The van der Waals surface area contributed by atoms with E-state index in [1.165, 1.54) is 30.3 Å². The number of benzene rings is 3. The molecule has 3 aromatic carbocycles. The van der Waals surface area contributed by atoms with E-state index in [0.717, 1.165) is 18.2 Å². The van der Waals surface area contributed by atoms with E-state index >= 15 is 0 Å². The minimum Gasteiger partial charge on any atom is -0.744 e. The number of carbonyl (C=O) groups is 1. The second-order valence-corrected chi connectivity index (χ2v) is 12.1. The maximum Gasteiger partial charge on any atom is 1.00 e. The maximum atomic E-state index is 12.3. The fourth-order valence-electron chi connectivity index (χ4n) is 3.19. The first-order valence-electron chi connectivity index (χ1n) is 10.6.